The molecule has 0 saturated heterocycles. The highest BCUT2D eigenvalue weighted by molar-refractivity contribution is 6.04. The van der Waals surface area contributed by atoms with E-state index < -0.39 is 22.8 Å². The quantitative estimate of drug-likeness (QED) is 0.476. The molecule has 0 saturated carbocycles. The van der Waals surface area contributed by atoms with Crippen molar-refractivity contribution in [3.63, 3.8) is 0 Å². The number of rotatable bonds is 4. The monoisotopic (exact) mass is 340 g/mol. The van der Waals surface area contributed by atoms with E-state index in [1.165, 1.54) is 14.2 Å². The first-order chi connectivity index (χ1) is 11.8. The number of methoxy groups -OCH3 is 2. The molecule has 0 atom stereocenters. The molecule has 4 heteroatoms. The highest BCUT2D eigenvalue weighted by atomic mass is 16.5. The fourth-order valence-electron chi connectivity index (χ4n) is 3.34. The van der Waals surface area contributed by atoms with Gasteiger partial charge in [0.2, 0.25) is 0 Å². The lowest BCUT2D eigenvalue weighted by Crippen LogP contribution is -2.38. The van der Waals surface area contributed by atoms with Crippen LogP contribution >= 0.6 is 0 Å². The average molecular weight is 340 g/mol. The number of hydrogen-bond acceptors (Lipinski definition) is 4. The van der Waals surface area contributed by atoms with Gasteiger partial charge >= 0.3 is 11.9 Å². The molecule has 0 fully saturated rings. The molecule has 0 radical (unpaired) electrons. The van der Waals surface area contributed by atoms with Gasteiger partial charge in [-0.05, 0) is 29.7 Å². The van der Waals surface area contributed by atoms with Crippen molar-refractivity contribution in [2.45, 2.75) is 32.6 Å². The zero-order chi connectivity index (χ0) is 18.7. The Balaban J connectivity index is 2.69. The predicted molar refractivity (Wildman–Crippen MR) is 95.9 cm³/mol. The van der Waals surface area contributed by atoms with E-state index in [0.717, 1.165) is 16.7 Å². The summed E-state index contributed by atoms with van der Waals surface area (Å²) >= 11 is 0. The Bertz CT molecular complexity index is 746. The van der Waals surface area contributed by atoms with E-state index in [2.05, 4.69) is 19.6 Å². The first-order valence-corrected chi connectivity index (χ1v) is 8.19. The third-order valence-electron chi connectivity index (χ3n) is 4.76. The summed E-state index contributed by atoms with van der Waals surface area (Å²) in [5.41, 5.74) is 4.10. The largest absolute Gasteiger partial charge is 0.468 e. The molecule has 1 aromatic carbocycles. The maximum absolute atomic E-state index is 12.5. The van der Waals surface area contributed by atoms with Gasteiger partial charge < -0.3 is 9.47 Å². The highest BCUT2D eigenvalue weighted by Gasteiger charge is 2.53. The van der Waals surface area contributed by atoms with Crippen molar-refractivity contribution < 1.29 is 19.1 Å². The van der Waals surface area contributed by atoms with Crippen molar-refractivity contribution in [3.8, 4) is 0 Å². The molecule has 132 valence electrons. The second kappa shape index (κ2) is 7.12. The molecule has 1 aliphatic carbocycles. The van der Waals surface area contributed by atoms with Crippen LogP contribution in [0.1, 0.15) is 32.8 Å². The van der Waals surface area contributed by atoms with E-state index in [0.29, 0.717) is 0 Å². The minimum Gasteiger partial charge on any atom is -0.468 e. The molecule has 1 aromatic rings. The van der Waals surface area contributed by atoms with Crippen LogP contribution in [0.15, 0.2) is 59.4 Å². The van der Waals surface area contributed by atoms with Gasteiger partial charge in [0.1, 0.15) is 0 Å². The number of benzene rings is 1. The summed E-state index contributed by atoms with van der Waals surface area (Å²) in [5.74, 6) is -1.23. The van der Waals surface area contributed by atoms with Crippen LogP contribution in [0.3, 0.4) is 0 Å². The Morgan fingerprint density at radius 2 is 1.68 bits per heavy atom. The molecule has 0 heterocycles. The maximum Gasteiger partial charge on any atom is 0.327 e. The lowest BCUT2D eigenvalue weighted by Gasteiger charge is -2.27. The van der Waals surface area contributed by atoms with Crippen LogP contribution in [0.2, 0.25) is 0 Å². The van der Waals surface area contributed by atoms with E-state index in [4.69, 9.17) is 9.47 Å². The normalized spacial score (nSPS) is 15.9. The number of carbonyl (C=O) groups excluding carboxylic acids is 2. The SMILES string of the molecule is CC=C=C1CC(C(=O)OC)(C(=O)OC)C=C1C(C)(C)c1ccccc1. The summed E-state index contributed by atoms with van der Waals surface area (Å²) in [7, 11) is 2.56. The van der Waals surface area contributed by atoms with Gasteiger partial charge in [-0.25, -0.2) is 0 Å². The highest BCUT2D eigenvalue weighted by Crippen LogP contribution is 2.48. The second-order valence-corrected chi connectivity index (χ2v) is 6.59. The number of carbonyl (C=O) groups is 2. The van der Waals surface area contributed by atoms with Crippen LogP contribution in [-0.4, -0.2) is 26.2 Å². The zero-order valence-corrected chi connectivity index (χ0v) is 15.4. The first kappa shape index (κ1) is 18.8. The second-order valence-electron chi connectivity index (χ2n) is 6.59. The molecule has 0 aromatic heterocycles. The molecule has 0 spiro atoms. The zero-order valence-electron chi connectivity index (χ0n) is 15.4. The van der Waals surface area contributed by atoms with Crippen molar-refractivity contribution in [1.29, 1.82) is 0 Å². The van der Waals surface area contributed by atoms with Gasteiger partial charge in [-0.2, -0.15) is 0 Å². The standard InChI is InChI=1S/C21H24O4/c1-6-10-15-13-21(18(22)24-4,19(23)25-5)14-17(15)20(2,3)16-11-8-7-9-12-16/h6-9,11-12,14H,13H2,1-5H3. The molecule has 0 amide bonds. The summed E-state index contributed by atoms with van der Waals surface area (Å²) in [6.07, 6.45) is 3.67. The van der Waals surface area contributed by atoms with Crippen molar-refractivity contribution in [1.82, 2.24) is 0 Å². The molecular formula is C21H24O4. The summed E-state index contributed by atoms with van der Waals surface area (Å²) in [6.45, 7) is 5.99. The van der Waals surface area contributed by atoms with Crippen LogP contribution in [0, 0.1) is 5.41 Å². The fraction of sp³-hybridized carbons (Fsp3) is 0.381. The summed E-state index contributed by atoms with van der Waals surface area (Å²) in [6, 6.07) is 9.96. The molecule has 0 N–H and O–H groups in total. The molecular weight excluding hydrogens is 316 g/mol. The maximum atomic E-state index is 12.5. The van der Waals surface area contributed by atoms with Crippen LogP contribution < -0.4 is 0 Å². The summed E-state index contributed by atoms with van der Waals surface area (Å²) < 4.78 is 9.84. The van der Waals surface area contributed by atoms with Crippen LogP contribution in [0.5, 0.6) is 0 Å². The predicted octanol–water partition coefficient (Wildman–Crippen LogP) is 3.73. The van der Waals surface area contributed by atoms with Gasteiger partial charge in [-0.3, -0.25) is 9.59 Å². The van der Waals surface area contributed by atoms with E-state index >= 15 is 0 Å². The summed E-state index contributed by atoms with van der Waals surface area (Å²) in [5, 5.41) is 0. The Morgan fingerprint density at radius 1 is 1.12 bits per heavy atom. The lowest BCUT2D eigenvalue weighted by atomic mass is 9.76. The smallest absolute Gasteiger partial charge is 0.327 e. The Morgan fingerprint density at radius 3 is 2.16 bits per heavy atom. The summed E-state index contributed by atoms with van der Waals surface area (Å²) in [4.78, 5) is 25.0. The average Bonchev–Trinajstić information content (AvgIpc) is 3.03. The van der Waals surface area contributed by atoms with Gasteiger partial charge in [0.25, 0.3) is 0 Å². The third kappa shape index (κ3) is 3.18. The third-order valence-corrected chi connectivity index (χ3v) is 4.76. The van der Waals surface area contributed by atoms with Crippen molar-refractivity contribution in [3.05, 3.63) is 64.9 Å². The van der Waals surface area contributed by atoms with E-state index in [1.807, 2.05) is 37.3 Å². The van der Waals surface area contributed by atoms with Crippen LogP contribution in [0.4, 0.5) is 0 Å². The van der Waals surface area contributed by atoms with Crippen LogP contribution in [-0.2, 0) is 24.5 Å². The fourth-order valence-corrected chi connectivity index (χ4v) is 3.34. The van der Waals surface area contributed by atoms with E-state index in [1.54, 1.807) is 12.2 Å². The van der Waals surface area contributed by atoms with Gasteiger partial charge in [0.15, 0.2) is 5.41 Å². The van der Waals surface area contributed by atoms with Gasteiger partial charge in [0.05, 0.1) is 14.2 Å². The molecule has 4 nitrogen and oxygen atoms in total. The minimum atomic E-state index is -1.46. The van der Waals surface area contributed by atoms with Crippen LogP contribution in [0.25, 0.3) is 0 Å². The molecule has 2 rings (SSSR count). The topological polar surface area (TPSA) is 52.6 Å². The number of esters is 2. The molecule has 0 aliphatic heterocycles. The molecule has 1 aliphatic rings. The van der Waals surface area contributed by atoms with Gasteiger partial charge in [-0.1, -0.05) is 50.3 Å². The van der Waals surface area contributed by atoms with Crippen molar-refractivity contribution in [2.24, 2.45) is 5.41 Å². The van der Waals surface area contributed by atoms with Crippen molar-refractivity contribution >= 4 is 11.9 Å². The first-order valence-electron chi connectivity index (χ1n) is 8.19. The number of allylic oxidation sites excluding steroid dienone is 2. The number of hydrogen-bond donors (Lipinski definition) is 0. The molecule has 0 unspecified atom stereocenters. The Kier molecular flexibility index (Phi) is 5.34. The molecule has 0 bridgehead atoms. The lowest BCUT2D eigenvalue weighted by molar-refractivity contribution is -0.164. The van der Waals surface area contributed by atoms with Gasteiger partial charge in [-0.15, -0.1) is 5.73 Å². The number of ether oxygens (including phenoxy) is 2. The molecule has 25 heavy (non-hydrogen) atoms. The Hall–Kier alpha value is -2.58. The Labute approximate surface area is 148 Å². The van der Waals surface area contributed by atoms with Gasteiger partial charge in [0, 0.05) is 11.8 Å². The van der Waals surface area contributed by atoms with E-state index in [-0.39, 0.29) is 6.42 Å². The van der Waals surface area contributed by atoms with Crippen molar-refractivity contribution in [2.75, 3.05) is 14.2 Å². The minimum absolute atomic E-state index is 0.183. The van der Waals surface area contributed by atoms with E-state index in [9.17, 15) is 9.59 Å².